The third-order valence-electron chi connectivity index (χ3n) is 4.64. The van der Waals surface area contributed by atoms with Crippen molar-refractivity contribution >= 4 is 29.3 Å². The van der Waals surface area contributed by atoms with Gasteiger partial charge in [-0.3, -0.25) is 4.79 Å². The zero-order valence-electron chi connectivity index (χ0n) is 16.1. The Balaban J connectivity index is 1.89. The van der Waals surface area contributed by atoms with Crippen molar-refractivity contribution in [1.82, 2.24) is 10.2 Å². The summed E-state index contributed by atoms with van der Waals surface area (Å²) in [5.41, 5.74) is 1.61. The van der Waals surface area contributed by atoms with E-state index >= 15 is 0 Å². The number of benzene rings is 1. The third-order valence-corrected chi connectivity index (χ3v) is 4.64. The number of aliphatic carboxylic acids is 1. The Morgan fingerprint density at radius 2 is 1.67 bits per heavy atom. The van der Waals surface area contributed by atoms with E-state index in [1.54, 1.807) is 26.0 Å². The van der Waals surface area contributed by atoms with Gasteiger partial charge in [0.05, 0.1) is 0 Å². The number of amides is 3. The molecular formula is C19H28N4O4. The van der Waals surface area contributed by atoms with Gasteiger partial charge in [-0.15, -0.1) is 0 Å². The highest BCUT2D eigenvalue weighted by molar-refractivity contribution is 5.92. The third kappa shape index (κ3) is 5.60. The first-order valence-electron chi connectivity index (χ1n) is 9.25. The van der Waals surface area contributed by atoms with Crippen LogP contribution >= 0.6 is 0 Å². The van der Waals surface area contributed by atoms with Crippen LogP contribution in [0.15, 0.2) is 24.3 Å². The summed E-state index contributed by atoms with van der Waals surface area (Å²) in [6.45, 7) is 8.31. The van der Waals surface area contributed by atoms with Gasteiger partial charge >= 0.3 is 12.0 Å². The fourth-order valence-electron chi connectivity index (χ4n) is 3.02. The Morgan fingerprint density at radius 3 is 2.15 bits per heavy atom. The Hall–Kier alpha value is -2.77. The monoisotopic (exact) mass is 376 g/mol. The van der Waals surface area contributed by atoms with E-state index in [-0.39, 0.29) is 11.8 Å². The van der Waals surface area contributed by atoms with Crippen LogP contribution in [0.1, 0.15) is 27.2 Å². The van der Waals surface area contributed by atoms with Crippen LogP contribution in [0.5, 0.6) is 0 Å². The second-order valence-electron chi connectivity index (χ2n) is 6.93. The minimum absolute atomic E-state index is 0.182. The molecule has 1 saturated heterocycles. The SMILES string of the molecule is CCC(=O)N1CCN(c2ccc(NC(=O)NC(C(=O)O)C(C)C)cc2)CC1. The van der Waals surface area contributed by atoms with Crippen LogP contribution in [-0.2, 0) is 9.59 Å². The number of urea groups is 1. The van der Waals surface area contributed by atoms with E-state index in [1.807, 2.05) is 24.0 Å². The molecule has 8 heteroatoms. The van der Waals surface area contributed by atoms with Crippen molar-refractivity contribution in [2.75, 3.05) is 36.4 Å². The molecule has 0 spiro atoms. The first-order chi connectivity index (χ1) is 12.8. The minimum atomic E-state index is -1.06. The van der Waals surface area contributed by atoms with Crippen LogP contribution < -0.4 is 15.5 Å². The molecule has 1 atom stereocenters. The highest BCUT2D eigenvalue weighted by atomic mass is 16.4. The van der Waals surface area contributed by atoms with Crippen LogP contribution in [-0.4, -0.2) is 60.1 Å². The predicted octanol–water partition coefficient (Wildman–Crippen LogP) is 1.98. The Labute approximate surface area is 159 Å². The van der Waals surface area contributed by atoms with Gasteiger partial charge in [0.1, 0.15) is 6.04 Å². The van der Waals surface area contributed by atoms with Crippen LogP contribution in [0, 0.1) is 5.92 Å². The highest BCUT2D eigenvalue weighted by Gasteiger charge is 2.23. The summed E-state index contributed by atoms with van der Waals surface area (Å²) in [6, 6.07) is 5.89. The number of carboxylic acid groups (broad SMARTS) is 1. The van der Waals surface area contributed by atoms with Crippen molar-refractivity contribution in [3.8, 4) is 0 Å². The lowest BCUT2D eigenvalue weighted by atomic mass is 10.1. The Morgan fingerprint density at radius 1 is 1.07 bits per heavy atom. The molecule has 0 saturated carbocycles. The Kier molecular flexibility index (Phi) is 7.04. The van der Waals surface area contributed by atoms with Crippen LogP contribution in [0.2, 0.25) is 0 Å². The van der Waals surface area contributed by atoms with Crippen molar-refractivity contribution in [2.24, 2.45) is 5.92 Å². The second-order valence-corrected chi connectivity index (χ2v) is 6.93. The molecule has 3 amide bonds. The van der Waals surface area contributed by atoms with E-state index in [0.717, 1.165) is 18.8 Å². The molecule has 1 aromatic rings. The summed E-state index contributed by atoms with van der Waals surface area (Å²) in [4.78, 5) is 39.0. The molecule has 1 aliphatic rings. The molecule has 1 aromatic carbocycles. The number of anilines is 2. The van der Waals surface area contributed by atoms with E-state index in [2.05, 4.69) is 15.5 Å². The molecule has 1 heterocycles. The molecule has 148 valence electrons. The Bertz CT molecular complexity index is 667. The molecule has 1 aliphatic heterocycles. The number of nitrogens with zero attached hydrogens (tertiary/aromatic N) is 2. The molecule has 1 fully saturated rings. The van der Waals surface area contributed by atoms with Crippen LogP contribution in [0.25, 0.3) is 0 Å². The maximum Gasteiger partial charge on any atom is 0.326 e. The largest absolute Gasteiger partial charge is 0.480 e. The van der Waals surface area contributed by atoms with Gasteiger partial charge in [0.2, 0.25) is 5.91 Å². The lowest BCUT2D eigenvalue weighted by Gasteiger charge is -2.36. The van der Waals surface area contributed by atoms with Gasteiger partial charge in [-0.2, -0.15) is 0 Å². The minimum Gasteiger partial charge on any atom is -0.480 e. The summed E-state index contributed by atoms with van der Waals surface area (Å²) < 4.78 is 0. The smallest absolute Gasteiger partial charge is 0.326 e. The lowest BCUT2D eigenvalue weighted by molar-refractivity contribution is -0.140. The van der Waals surface area contributed by atoms with Crippen molar-refractivity contribution in [3.05, 3.63) is 24.3 Å². The van der Waals surface area contributed by atoms with Crippen molar-refractivity contribution in [2.45, 2.75) is 33.2 Å². The van der Waals surface area contributed by atoms with Gasteiger partial charge in [0.15, 0.2) is 0 Å². The normalized spacial score (nSPS) is 15.4. The molecule has 0 bridgehead atoms. The topological polar surface area (TPSA) is 102 Å². The summed E-state index contributed by atoms with van der Waals surface area (Å²) in [5.74, 6) is -1.09. The van der Waals surface area contributed by atoms with Gasteiger partial charge < -0.3 is 25.5 Å². The summed E-state index contributed by atoms with van der Waals surface area (Å²) in [5, 5.41) is 14.3. The number of hydrogen-bond donors (Lipinski definition) is 3. The fourth-order valence-corrected chi connectivity index (χ4v) is 3.02. The summed E-state index contributed by atoms with van der Waals surface area (Å²) in [6.07, 6.45) is 0.530. The molecule has 3 N–H and O–H groups in total. The number of carboxylic acids is 1. The van der Waals surface area contributed by atoms with Gasteiger partial charge in [-0.25, -0.2) is 9.59 Å². The van der Waals surface area contributed by atoms with E-state index < -0.39 is 18.0 Å². The summed E-state index contributed by atoms with van der Waals surface area (Å²) in [7, 11) is 0. The lowest BCUT2D eigenvalue weighted by Crippen LogP contribution is -2.48. The molecule has 0 radical (unpaired) electrons. The first kappa shape index (κ1) is 20.5. The molecule has 0 aliphatic carbocycles. The van der Waals surface area contributed by atoms with Gasteiger partial charge in [-0.1, -0.05) is 20.8 Å². The standard InChI is InChI=1S/C19H28N4O4/c1-4-16(24)23-11-9-22(10-12-23)15-7-5-14(6-8-15)20-19(27)21-17(13(2)3)18(25)26/h5-8,13,17H,4,9-12H2,1-3H3,(H,25,26)(H2,20,21,27). The van der Waals surface area contributed by atoms with E-state index in [1.165, 1.54) is 0 Å². The zero-order valence-corrected chi connectivity index (χ0v) is 16.1. The summed E-state index contributed by atoms with van der Waals surface area (Å²) >= 11 is 0. The first-order valence-corrected chi connectivity index (χ1v) is 9.25. The van der Waals surface area contributed by atoms with Crippen LogP contribution in [0.3, 0.4) is 0 Å². The van der Waals surface area contributed by atoms with Crippen molar-refractivity contribution in [1.29, 1.82) is 0 Å². The highest BCUT2D eigenvalue weighted by Crippen LogP contribution is 2.20. The molecule has 8 nitrogen and oxygen atoms in total. The number of nitrogens with one attached hydrogen (secondary N) is 2. The van der Waals surface area contributed by atoms with E-state index in [4.69, 9.17) is 5.11 Å². The second kappa shape index (κ2) is 9.25. The number of carbonyl (C=O) groups is 3. The maximum atomic E-state index is 12.0. The van der Waals surface area contributed by atoms with E-state index in [9.17, 15) is 14.4 Å². The molecular weight excluding hydrogens is 348 g/mol. The number of piperazine rings is 1. The molecule has 27 heavy (non-hydrogen) atoms. The van der Waals surface area contributed by atoms with Gasteiger partial charge in [-0.05, 0) is 30.2 Å². The quantitative estimate of drug-likeness (QED) is 0.705. The predicted molar refractivity (Wildman–Crippen MR) is 104 cm³/mol. The average molecular weight is 376 g/mol. The number of carbonyl (C=O) groups excluding carboxylic acids is 2. The van der Waals surface area contributed by atoms with Gasteiger partial charge in [0, 0.05) is 44.0 Å². The molecule has 0 aromatic heterocycles. The fraction of sp³-hybridized carbons (Fsp3) is 0.526. The average Bonchev–Trinajstić information content (AvgIpc) is 2.65. The van der Waals surface area contributed by atoms with Crippen molar-refractivity contribution in [3.63, 3.8) is 0 Å². The van der Waals surface area contributed by atoms with Crippen LogP contribution in [0.4, 0.5) is 16.2 Å². The molecule has 2 rings (SSSR count). The maximum absolute atomic E-state index is 12.0. The van der Waals surface area contributed by atoms with E-state index in [0.29, 0.717) is 25.2 Å². The zero-order chi connectivity index (χ0) is 20.0. The van der Waals surface area contributed by atoms with Crippen molar-refractivity contribution < 1.29 is 19.5 Å². The molecule has 1 unspecified atom stereocenters. The van der Waals surface area contributed by atoms with Gasteiger partial charge in [0.25, 0.3) is 0 Å². The number of hydrogen-bond acceptors (Lipinski definition) is 4. The number of rotatable bonds is 6.